The van der Waals surface area contributed by atoms with Gasteiger partial charge in [0.2, 0.25) is 0 Å². The molecule has 1 aliphatic rings. The average Bonchev–Trinajstić information content (AvgIpc) is 2.34. The quantitative estimate of drug-likeness (QED) is 0.547. The van der Waals surface area contributed by atoms with Gasteiger partial charge in [-0.15, -0.1) is 31.2 Å². The van der Waals surface area contributed by atoms with Crippen LogP contribution in [0.3, 0.4) is 0 Å². The maximum atomic E-state index is 5.17. The van der Waals surface area contributed by atoms with Gasteiger partial charge in [0.05, 0.1) is 0 Å². The van der Waals surface area contributed by atoms with E-state index in [1.807, 2.05) is 6.92 Å². The molecule has 0 unspecified atom stereocenters. The monoisotopic (exact) mass is 243 g/mol. The maximum Gasteiger partial charge on any atom is 0.0440 e. The van der Waals surface area contributed by atoms with Crippen LogP contribution in [0.5, 0.6) is 0 Å². The predicted octanol–water partition coefficient (Wildman–Crippen LogP) is 2.55. The Bertz CT molecular complexity index is 146. The summed E-state index contributed by atoms with van der Waals surface area (Å²) in [5.41, 5.74) is 1.19. The average molecular weight is 244 g/mol. The van der Waals surface area contributed by atoms with Crippen molar-refractivity contribution in [1.29, 1.82) is 0 Å². The van der Waals surface area contributed by atoms with Crippen molar-refractivity contribution in [3.8, 4) is 0 Å². The third-order valence-electron chi connectivity index (χ3n) is 1.23. The fourth-order valence-corrected chi connectivity index (χ4v) is 0.761. The Hall–Kier alpha value is 0.734. The van der Waals surface area contributed by atoms with Gasteiger partial charge in [-0.1, -0.05) is 0 Å². The first-order valence-electron chi connectivity index (χ1n) is 3.27. The number of halogens is 2. The Morgan fingerprint density at radius 1 is 1.50 bits per heavy atom. The molecule has 0 atom stereocenters. The van der Waals surface area contributed by atoms with Crippen molar-refractivity contribution in [3.63, 3.8) is 0 Å². The van der Waals surface area contributed by atoms with E-state index in [2.05, 4.69) is 18.2 Å². The zero-order valence-electron chi connectivity index (χ0n) is 7.00. The first kappa shape index (κ1) is 18.5. The van der Waals surface area contributed by atoms with E-state index in [1.165, 1.54) is 5.57 Å². The first-order valence-corrected chi connectivity index (χ1v) is 3.27. The topological polar surface area (TPSA) is 9.23 Å². The van der Waals surface area contributed by atoms with Gasteiger partial charge in [0, 0.05) is 34.9 Å². The molecule has 0 saturated carbocycles. The summed E-state index contributed by atoms with van der Waals surface area (Å²) in [4.78, 5) is 0. The SMILES string of the molecule is CCOCC1=[C-]CC=C1.Cl.Cl.[Ti]. The third kappa shape index (κ3) is 7.39. The Balaban J connectivity index is -0.000000270. The Morgan fingerprint density at radius 3 is 2.58 bits per heavy atom. The third-order valence-corrected chi connectivity index (χ3v) is 1.23. The first-order chi connectivity index (χ1) is 4.43. The molecule has 1 aliphatic carbocycles. The van der Waals surface area contributed by atoms with Gasteiger partial charge in [-0.05, 0) is 6.92 Å². The molecule has 0 radical (unpaired) electrons. The van der Waals surface area contributed by atoms with E-state index >= 15 is 0 Å². The van der Waals surface area contributed by atoms with Gasteiger partial charge in [0.15, 0.2) is 0 Å². The molecule has 0 heterocycles. The second-order valence-electron chi connectivity index (χ2n) is 1.95. The minimum atomic E-state index is 0. The molecular weight excluding hydrogens is 231 g/mol. The maximum absolute atomic E-state index is 5.17. The molecule has 0 N–H and O–H groups in total. The van der Waals surface area contributed by atoms with Crippen LogP contribution in [0, 0.1) is 6.08 Å². The van der Waals surface area contributed by atoms with E-state index in [4.69, 9.17) is 4.74 Å². The van der Waals surface area contributed by atoms with E-state index in [-0.39, 0.29) is 46.5 Å². The summed E-state index contributed by atoms with van der Waals surface area (Å²) in [5, 5.41) is 0. The molecule has 0 amide bonds. The molecule has 1 rings (SSSR count). The van der Waals surface area contributed by atoms with Crippen LogP contribution in [0.2, 0.25) is 0 Å². The predicted molar refractivity (Wildman–Crippen MR) is 51.5 cm³/mol. The van der Waals surface area contributed by atoms with Crippen LogP contribution in [0.15, 0.2) is 17.7 Å². The smallest absolute Gasteiger partial charge is 0.0440 e. The van der Waals surface area contributed by atoms with Crippen LogP contribution in [0.25, 0.3) is 0 Å². The number of allylic oxidation sites excluding steroid dienone is 2. The van der Waals surface area contributed by atoms with Crippen molar-refractivity contribution in [1.82, 2.24) is 0 Å². The normalized spacial score (nSPS) is 12.2. The van der Waals surface area contributed by atoms with Crippen molar-refractivity contribution in [3.05, 3.63) is 23.8 Å². The molecule has 4 heteroatoms. The summed E-state index contributed by atoms with van der Waals surface area (Å²) in [6, 6.07) is 0. The van der Waals surface area contributed by atoms with Crippen molar-refractivity contribution >= 4 is 24.8 Å². The molecule has 0 aromatic rings. The van der Waals surface area contributed by atoms with E-state index < -0.39 is 0 Å². The molecule has 0 aromatic carbocycles. The summed E-state index contributed by atoms with van der Waals surface area (Å²) in [5.74, 6) is 0. The van der Waals surface area contributed by atoms with Crippen molar-refractivity contribution < 1.29 is 26.5 Å². The van der Waals surface area contributed by atoms with Crippen LogP contribution < -0.4 is 0 Å². The zero-order valence-corrected chi connectivity index (χ0v) is 10.2. The standard InChI is InChI=1S/C8H11O.2ClH.Ti/c1-2-9-7-8-5-3-4-6-8;;;/h3,5H,2,4,7H2,1H3;2*1H;/q-1;;;. The van der Waals surface area contributed by atoms with Crippen LogP contribution in [-0.2, 0) is 26.5 Å². The van der Waals surface area contributed by atoms with E-state index in [0.717, 1.165) is 19.6 Å². The summed E-state index contributed by atoms with van der Waals surface area (Å²) < 4.78 is 5.17. The molecule has 0 fully saturated rings. The van der Waals surface area contributed by atoms with E-state index in [1.54, 1.807) is 0 Å². The van der Waals surface area contributed by atoms with Crippen LogP contribution in [0.1, 0.15) is 13.3 Å². The number of rotatable bonds is 3. The second kappa shape index (κ2) is 11.7. The van der Waals surface area contributed by atoms with Crippen LogP contribution in [-0.4, -0.2) is 13.2 Å². The van der Waals surface area contributed by atoms with Crippen molar-refractivity contribution in [2.45, 2.75) is 13.3 Å². The van der Waals surface area contributed by atoms with Gasteiger partial charge in [-0.3, -0.25) is 6.08 Å². The summed E-state index contributed by atoms with van der Waals surface area (Å²) in [7, 11) is 0. The molecular formula is C8H13Cl2OTi-. The number of hydrogen-bond acceptors (Lipinski definition) is 1. The second-order valence-corrected chi connectivity index (χ2v) is 1.95. The van der Waals surface area contributed by atoms with Crippen molar-refractivity contribution in [2.24, 2.45) is 0 Å². The molecule has 0 aliphatic heterocycles. The minimum absolute atomic E-state index is 0. The molecule has 0 spiro atoms. The number of ether oxygens (including phenoxy) is 1. The molecule has 12 heavy (non-hydrogen) atoms. The summed E-state index contributed by atoms with van der Waals surface area (Å²) in [6.07, 6.45) is 8.29. The minimum Gasteiger partial charge on any atom is -0.380 e. The van der Waals surface area contributed by atoms with Gasteiger partial charge in [0.25, 0.3) is 0 Å². The van der Waals surface area contributed by atoms with Crippen LogP contribution in [0.4, 0.5) is 0 Å². The molecule has 70 valence electrons. The van der Waals surface area contributed by atoms with Gasteiger partial charge in [-0.2, -0.15) is 11.6 Å². The molecule has 0 saturated heterocycles. The fraction of sp³-hybridized carbons (Fsp3) is 0.500. The van der Waals surface area contributed by atoms with E-state index in [0.29, 0.717) is 0 Å². The molecule has 0 aromatic heterocycles. The summed E-state index contributed by atoms with van der Waals surface area (Å²) >= 11 is 0. The van der Waals surface area contributed by atoms with Gasteiger partial charge in [-0.25, -0.2) is 6.08 Å². The number of hydrogen-bond donors (Lipinski definition) is 0. The zero-order chi connectivity index (χ0) is 6.53. The van der Waals surface area contributed by atoms with Gasteiger partial charge in [0.1, 0.15) is 0 Å². The fourth-order valence-electron chi connectivity index (χ4n) is 0.761. The Labute approximate surface area is 101 Å². The van der Waals surface area contributed by atoms with Gasteiger partial charge < -0.3 is 4.74 Å². The van der Waals surface area contributed by atoms with Gasteiger partial charge >= 0.3 is 0 Å². The largest absolute Gasteiger partial charge is 0.380 e. The Kier molecular flexibility index (Phi) is 18.1. The Morgan fingerprint density at radius 2 is 2.17 bits per heavy atom. The summed E-state index contributed by atoms with van der Waals surface area (Å²) in [6.45, 7) is 3.52. The van der Waals surface area contributed by atoms with Crippen LogP contribution >= 0.6 is 24.8 Å². The molecule has 0 bridgehead atoms. The van der Waals surface area contributed by atoms with Crippen molar-refractivity contribution in [2.75, 3.05) is 13.2 Å². The van der Waals surface area contributed by atoms with E-state index in [9.17, 15) is 0 Å². The molecule has 1 nitrogen and oxygen atoms in total.